The molecule has 0 saturated heterocycles. The van der Waals surface area contributed by atoms with Crippen LogP contribution in [0.1, 0.15) is 18.4 Å². The van der Waals surface area contributed by atoms with Crippen molar-refractivity contribution < 1.29 is 14.0 Å². The van der Waals surface area contributed by atoms with E-state index in [-0.39, 0.29) is 35.0 Å². The fourth-order valence-electron chi connectivity index (χ4n) is 4.84. The Balaban J connectivity index is 1.43. The predicted molar refractivity (Wildman–Crippen MR) is 113 cm³/mol. The second kappa shape index (κ2) is 8.54. The number of carbonyl (C=O) groups is 2. The molecule has 1 aromatic heterocycles. The molecule has 164 valence electrons. The van der Waals surface area contributed by atoms with E-state index in [2.05, 4.69) is 25.9 Å². The van der Waals surface area contributed by atoms with Crippen LogP contribution in [0.4, 0.5) is 20.7 Å². The van der Waals surface area contributed by atoms with Crippen LogP contribution in [0.3, 0.4) is 0 Å². The lowest BCUT2D eigenvalue weighted by atomic mass is 9.81. The maximum absolute atomic E-state index is 14.1. The first-order valence-corrected chi connectivity index (χ1v) is 10.3. The summed E-state index contributed by atoms with van der Waals surface area (Å²) in [4.78, 5) is 32.0. The van der Waals surface area contributed by atoms with E-state index in [1.807, 2.05) is 12.1 Å². The van der Waals surface area contributed by atoms with Crippen molar-refractivity contribution in [3.63, 3.8) is 0 Å². The van der Waals surface area contributed by atoms with Crippen molar-refractivity contribution in [3.05, 3.63) is 47.1 Å². The van der Waals surface area contributed by atoms with E-state index in [1.165, 1.54) is 0 Å². The zero-order valence-corrected chi connectivity index (χ0v) is 17.3. The number of amides is 3. The van der Waals surface area contributed by atoms with Crippen LogP contribution in [0.2, 0.25) is 5.28 Å². The van der Waals surface area contributed by atoms with Gasteiger partial charge in [-0.1, -0.05) is 12.1 Å². The first-order valence-electron chi connectivity index (χ1n) is 9.94. The number of nitrogens with one attached hydrogen (secondary N) is 3. The molecule has 9 nitrogen and oxygen atoms in total. The Kier molecular flexibility index (Phi) is 5.81. The molecule has 2 aromatic rings. The zero-order valence-electron chi connectivity index (χ0n) is 16.5. The number of hydrogen-bond donors (Lipinski definition) is 5. The van der Waals surface area contributed by atoms with Crippen LogP contribution >= 0.6 is 11.6 Å². The lowest BCUT2D eigenvalue weighted by Crippen LogP contribution is -2.53. The highest BCUT2D eigenvalue weighted by atomic mass is 35.5. The first kappa shape index (κ1) is 21.1. The van der Waals surface area contributed by atoms with E-state index in [9.17, 15) is 14.0 Å². The smallest absolute Gasteiger partial charge is 0.315 e. The van der Waals surface area contributed by atoms with E-state index in [1.54, 1.807) is 12.1 Å². The molecule has 11 heteroatoms. The number of fused-ring (bicyclic) bond motifs is 2. The monoisotopic (exact) mass is 447 g/mol. The van der Waals surface area contributed by atoms with Crippen molar-refractivity contribution in [1.29, 1.82) is 0 Å². The van der Waals surface area contributed by atoms with Crippen LogP contribution in [0.15, 0.2) is 30.5 Å². The number of carbonyl (C=O) groups excluding carboxylic acids is 2. The summed E-state index contributed by atoms with van der Waals surface area (Å²) in [5.41, 5.74) is 12.9. The Hall–Kier alpha value is -3.14. The molecule has 0 radical (unpaired) electrons. The number of nitrogen functional groups attached to an aromatic ring is 1. The van der Waals surface area contributed by atoms with Gasteiger partial charge in [0.2, 0.25) is 11.2 Å². The lowest BCUT2D eigenvalue weighted by Gasteiger charge is -2.35. The quantitative estimate of drug-likeness (QED) is 0.336. The molecule has 3 amide bonds. The van der Waals surface area contributed by atoms with Crippen LogP contribution in [0, 0.1) is 23.6 Å². The van der Waals surface area contributed by atoms with Gasteiger partial charge in [-0.05, 0) is 48.1 Å². The molecule has 2 aliphatic carbocycles. The summed E-state index contributed by atoms with van der Waals surface area (Å²) in [7, 11) is 0. The number of urea groups is 1. The molecule has 4 rings (SSSR count). The van der Waals surface area contributed by atoms with Gasteiger partial charge >= 0.3 is 6.03 Å². The van der Waals surface area contributed by atoms with E-state index in [4.69, 9.17) is 23.1 Å². The number of anilines is 2. The van der Waals surface area contributed by atoms with Gasteiger partial charge in [0.15, 0.2) is 11.6 Å². The number of rotatable bonds is 6. The summed E-state index contributed by atoms with van der Waals surface area (Å²) >= 11 is 5.78. The molecule has 0 unspecified atom stereocenters. The Morgan fingerprint density at radius 3 is 2.84 bits per heavy atom. The van der Waals surface area contributed by atoms with Gasteiger partial charge < -0.3 is 27.4 Å². The topological polar surface area (TPSA) is 148 Å². The number of nitrogens with zero attached hydrogens (tertiary/aromatic N) is 2. The minimum Gasteiger partial charge on any atom is -0.399 e. The predicted octanol–water partition coefficient (Wildman–Crippen LogP) is 1.64. The average Bonchev–Trinajstić information content (AvgIpc) is 3.27. The standard InChI is InChI=1S/C20H23ClFN7O2/c21-19-25-8-13(22)18(29-19)28-16-12-5-10(15(16)17(24)30)6-14(12)27-20(31)26-7-9-2-1-3-11(23)4-9/h1-4,8,10,12,14-16H,5-7,23H2,(H2,24,30)(H,25,28,29)(H2,26,27,31)/t10-,12+,14+,15-,16+/m0/s1. The number of benzene rings is 1. The van der Waals surface area contributed by atoms with E-state index < -0.39 is 23.7 Å². The van der Waals surface area contributed by atoms with Gasteiger partial charge in [0.05, 0.1) is 12.1 Å². The largest absolute Gasteiger partial charge is 0.399 e. The van der Waals surface area contributed by atoms with Gasteiger partial charge in [-0.3, -0.25) is 4.79 Å². The first-order chi connectivity index (χ1) is 14.8. The molecule has 2 saturated carbocycles. The van der Waals surface area contributed by atoms with Crippen LogP contribution < -0.4 is 27.4 Å². The van der Waals surface area contributed by atoms with Crippen molar-refractivity contribution in [2.45, 2.75) is 31.5 Å². The molecule has 2 aliphatic rings. The molecular weight excluding hydrogens is 425 g/mol. The second-order valence-electron chi connectivity index (χ2n) is 8.01. The fraction of sp³-hybridized carbons (Fsp3) is 0.400. The van der Waals surface area contributed by atoms with Crippen molar-refractivity contribution >= 4 is 35.0 Å². The lowest BCUT2D eigenvalue weighted by molar-refractivity contribution is -0.123. The average molecular weight is 448 g/mol. The summed E-state index contributed by atoms with van der Waals surface area (Å²) in [5, 5.41) is 8.65. The van der Waals surface area contributed by atoms with Gasteiger partial charge in [-0.15, -0.1) is 0 Å². The number of primary amides is 1. The molecule has 2 fully saturated rings. The summed E-state index contributed by atoms with van der Waals surface area (Å²) in [5.74, 6) is -1.86. The number of halogens is 2. The molecule has 0 spiro atoms. The zero-order chi connectivity index (χ0) is 22.1. The van der Waals surface area contributed by atoms with Crippen molar-refractivity contribution in [2.75, 3.05) is 11.1 Å². The normalized spacial score (nSPS) is 26.5. The molecule has 31 heavy (non-hydrogen) atoms. The Morgan fingerprint density at radius 1 is 1.29 bits per heavy atom. The summed E-state index contributed by atoms with van der Waals surface area (Å²) in [6.45, 7) is 0.327. The number of hydrogen-bond acceptors (Lipinski definition) is 6. The third-order valence-corrected chi connectivity index (χ3v) is 6.25. The Labute approximate surface area is 183 Å². The highest BCUT2D eigenvalue weighted by molar-refractivity contribution is 6.28. The van der Waals surface area contributed by atoms with Crippen LogP contribution in [-0.4, -0.2) is 34.0 Å². The van der Waals surface area contributed by atoms with Gasteiger partial charge in [0.1, 0.15) is 0 Å². The van der Waals surface area contributed by atoms with Crippen molar-refractivity contribution in [1.82, 2.24) is 20.6 Å². The van der Waals surface area contributed by atoms with Crippen LogP contribution in [0.25, 0.3) is 0 Å². The van der Waals surface area contributed by atoms with Gasteiger partial charge in [-0.2, -0.15) is 4.98 Å². The highest BCUT2D eigenvalue weighted by Crippen LogP contribution is 2.49. The minimum absolute atomic E-state index is 0.0143. The van der Waals surface area contributed by atoms with Crippen LogP contribution in [0.5, 0.6) is 0 Å². The minimum atomic E-state index is -0.681. The molecule has 1 heterocycles. The second-order valence-corrected chi connectivity index (χ2v) is 8.35. The fourth-order valence-corrected chi connectivity index (χ4v) is 4.98. The van der Waals surface area contributed by atoms with Crippen molar-refractivity contribution in [2.24, 2.45) is 23.5 Å². The SMILES string of the molecule is NC(=O)[C@H]1[C@H]2C[C@@H]([C@H]1Nc1nc(Cl)ncc1F)[C@H](NC(=O)NCc1cccc(N)c1)C2. The Morgan fingerprint density at radius 2 is 2.10 bits per heavy atom. The molecule has 5 atom stereocenters. The molecule has 0 aliphatic heterocycles. The summed E-state index contributed by atoms with van der Waals surface area (Å²) < 4.78 is 14.1. The molecule has 7 N–H and O–H groups in total. The van der Waals surface area contributed by atoms with E-state index in [0.717, 1.165) is 11.8 Å². The van der Waals surface area contributed by atoms with E-state index in [0.29, 0.717) is 25.1 Å². The third-order valence-electron chi connectivity index (χ3n) is 6.07. The maximum Gasteiger partial charge on any atom is 0.315 e. The Bertz CT molecular complexity index is 1010. The number of nitrogens with two attached hydrogens (primary N) is 2. The summed E-state index contributed by atoms with van der Waals surface area (Å²) in [6.07, 6.45) is 2.27. The maximum atomic E-state index is 14.1. The summed E-state index contributed by atoms with van der Waals surface area (Å²) in [6, 6.07) is 6.25. The molecular formula is C20H23ClFN7O2. The molecule has 1 aromatic carbocycles. The van der Waals surface area contributed by atoms with Crippen LogP contribution in [-0.2, 0) is 11.3 Å². The van der Waals surface area contributed by atoms with E-state index >= 15 is 0 Å². The number of aromatic nitrogens is 2. The third kappa shape index (κ3) is 4.48. The van der Waals surface area contributed by atoms with Gasteiger partial charge in [0, 0.05) is 30.2 Å². The highest BCUT2D eigenvalue weighted by Gasteiger charge is 2.55. The van der Waals surface area contributed by atoms with Crippen molar-refractivity contribution in [3.8, 4) is 0 Å². The molecule has 2 bridgehead atoms. The van der Waals surface area contributed by atoms with Gasteiger partial charge in [0.25, 0.3) is 0 Å². The van der Waals surface area contributed by atoms with Gasteiger partial charge in [-0.25, -0.2) is 14.2 Å².